The van der Waals surface area contributed by atoms with Gasteiger partial charge in [-0.05, 0) is 43.4 Å². The number of ketones is 1. The summed E-state index contributed by atoms with van der Waals surface area (Å²) in [4.78, 5) is 22.6. The summed E-state index contributed by atoms with van der Waals surface area (Å²) in [6, 6.07) is 0. The number of hydrogen-bond donors (Lipinski definition) is 2. The number of aliphatic carboxylic acids is 1. The summed E-state index contributed by atoms with van der Waals surface area (Å²) in [6.45, 7) is 11.4. The number of hydrogen-bond acceptors (Lipinski definition) is 3. The number of rotatable bonds is 5. The predicted octanol–water partition coefficient (Wildman–Crippen LogP) is 2.77. The van der Waals surface area contributed by atoms with Gasteiger partial charge in [0.05, 0.1) is 0 Å². The highest BCUT2D eigenvalue weighted by atomic mass is 16.4. The van der Waals surface area contributed by atoms with E-state index in [0.717, 1.165) is 12.8 Å². The van der Waals surface area contributed by atoms with Crippen molar-refractivity contribution in [2.45, 2.75) is 58.9 Å². The Balaban J connectivity index is 3.10. The lowest BCUT2D eigenvalue weighted by Gasteiger charge is -2.56. The summed E-state index contributed by atoms with van der Waals surface area (Å²) in [5.41, 5.74) is 5.97. The van der Waals surface area contributed by atoms with Crippen molar-refractivity contribution in [2.24, 2.45) is 23.0 Å². The molecule has 114 valence electrons. The Kier molecular flexibility index (Phi) is 4.80. The molecule has 1 rings (SSSR count). The second kappa shape index (κ2) is 5.68. The Morgan fingerprint density at radius 3 is 2.35 bits per heavy atom. The van der Waals surface area contributed by atoms with Crippen molar-refractivity contribution < 1.29 is 14.7 Å². The van der Waals surface area contributed by atoms with Gasteiger partial charge in [0.1, 0.15) is 5.78 Å². The lowest BCUT2D eigenvalue weighted by Crippen LogP contribution is -2.63. The molecule has 20 heavy (non-hydrogen) atoms. The van der Waals surface area contributed by atoms with Crippen molar-refractivity contribution in [3.8, 4) is 0 Å². The van der Waals surface area contributed by atoms with Crippen LogP contribution < -0.4 is 5.73 Å². The van der Waals surface area contributed by atoms with Gasteiger partial charge in [-0.1, -0.05) is 27.4 Å². The van der Waals surface area contributed by atoms with Crippen molar-refractivity contribution in [3.05, 3.63) is 12.2 Å². The zero-order chi connectivity index (χ0) is 15.7. The molecule has 0 amide bonds. The van der Waals surface area contributed by atoms with Crippen molar-refractivity contribution in [3.63, 3.8) is 0 Å². The van der Waals surface area contributed by atoms with Crippen LogP contribution >= 0.6 is 0 Å². The highest BCUT2D eigenvalue weighted by Crippen LogP contribution is 2.53. The van der Waals surface area contributed by atoms with Gasteiger partial charge in [-0.2, -0.15) is 0 Å². The third kappa shape index (κ3) is 2.80. The molecule has 4 heteroatoms. The molecule has 1 fully saturated rings. The molecule has 0 bridgehead atoms. The summed E-state index contributed by atoms with van der Waals surface area (Å²) in [7, 11) is 0. The monoisotopic (exact) mass is 281 g/mol. The summed E-state index contributed by atoms with van der Waals surface area (Å²) < 4.78 is 0. The molecule has 0 spiro atoms. The Hall–Kier alpha value is -1.16. The number of carboxylic acid groups (broad SMARTS) is 1. The molecule has 0 aromatic carbocycles. The predicted molar refractivity (Wildman–Crippen MR) is 79.3 cm³/mol. The van der Waals surface area contributed by atoms with E-state index in [9.17, 15) is 14.7 Å². The van der Waals surface area contributed by atoms with Crippen LogP contribution in [0, 0.1) is 17.3 Å². The fourth-order valence-electron chi connectivity index (χ4n) is 3.70. The van der Waals surface area contributed by atoms with Crippen LogP contribution in [0.5, 0.6) is 0 Å². The van der Waals surface area contributed by atoms with Gasteiger partial charge in [0.2, 0.25) is 0 Å². The molecule has 3 atom stereocenters. The maximum absolute atomic E-state index is 11.3. The lowest BCUT2D eigenvalue weighted by molar-refractivity contribution is -0.135. The number of carbonyl (C=O) groups is 2. The van der Waals surface area contributed by atoms with Gasteiger partial charge >= 0.3 is 5.97 Å². The summed E-state index contributed by atoms with van der Waals surface area (Å²) in [5, 5.41) is 9.23. The molecule has 0 aromatic heterocycles. The maximum atomic E-state index is 11.3. The molecule has 4 nitrogen and oxygen atoms in total. The van der Waals surface area contributed by atoms with E-state index in [0.29, 0.717) is 12.8 Å². The van der Waals surface area contributed by atoms with Crippen LogP contribution in [0.1, 0.15) is 53.4 Å². The van der Waals surface area contributed by atoms with Crippen LogP contribution in [0.3, 0.4) is 0 Å². The van der Waals surface area contributed by atoms with Gasteiger partial charge in [-0.25, -0.2) is 4.79 Å². The Morgan fingerprint density at radius 2 is 1.90 bits per heavy atom. The normalized spacial score (nSPS) is 32.6. The molecule has 1 saturated carbocycles. The average Bonchev–Trinajstić information content (AvgIpc) is 2.33. The van der Waals surface area contributed by atoms with E-state index in [2.05, 4.69) is 13.5 Å². The van der Waals surface area contributed by atoms with Crippen LogP contribution in [-0.4, -0.2) is 22.4 Å². The van der Waals surface area contributed by atoms with Gasteiger partial charge in [-0.3, -0.25) is 0 Å². The molecular formula is C16H27NO3. The molecular weight excluding hydrogens is 254 g/mol. The Morgan fingerprint density at radius 1 is 1.35 bits per heavy atom. The van der Waals surface area contributed by atoms with E-state index in [-0.39, 0.29) is 23.2 Å². The van der Waals surface area contributed by atoms with Crippen molar-refractivity contribution in [2.75, 3.05) is 0 Å². The molecule has 0 radical (unpaired) electrons. The summed E-state index contributed by atoms with van der Waals surface area (Å²) >= 11 is 0. The molecule has 1 aliphatic rings. The quantitative estimate of drug-likeness (QED) is 0.759. The zero-order valence-electron chi connectivity index (χ0n) is 13.0. The molecule has 0 saturated heterocycles. The first-order valence-corrected chi connectivity index (χ1v) is 7.24. The fraction of sp³-hybridized carbons (Fsp3) is 0.750. The van der Waals surface area contributed by atoms with Crippen LogP contribution in [0.2, 0.25) is 0 Å². The molecule has 0 heterocycles. The van der Waals surface area contributed by atoms with E-state index in [1.54, 1.807) is 6.92 Å². The molecule has 0 aliphatic heterocycles. The van der Waals surface area contributed by atoms with E-state index in [1.165, 1.54) is 0 Å². The third-order valence-corrected chi connectivity index (χ3v) is 5.42. The minimum Gasteiger partial charge on any atom is -0.478 e. The number of nitrogens with two attached hydrogens (primary N) is 1. The van der Waals surface area contributed by atoms with Crippen LogP contribution in [0.25, 0.3) is 0 Å². The number of carbonyl (C=O) groups excluding carboxylic acids is 1. The second-order valence-electron chi connectivity index (χ2n) is 6.83. The number of Topliss-reactive ketones (excluding diaryl/α,β-unsaturated/α-hetero) is 1. The third-order valence-electron chi connectivity index (χ3n) is 5.42. The summed E-state index contributed by atoms with van der Waals surface area (Å²) in [6.07, 6.45) is 2.70. The second-order valence-corrected chi connectivity index (χ2v) is 6.83. The summed E-state index contributed by atoms with van der Waals surface area (Å²) in [5.74, 6) is -0.716. The fourth-order valence-corrected chi connectivity index (χ4v) is 3.70. The van der Waals surface area contributed by atoms with Crippen LogP contribution in [0.4, 0.5) is 0 Å². The maximum Gasteiger partial charge on any atom is 0.331 e. The number of carboxylic acids is 1. The van der Waals surface area contributed by atoms with Gasteiger partial charge in [-0.15, -0.1) is 0 Å². The highest BCUT2D eigenvalue weighted by molar-refractivity contribution is 5.86. The van der Waals surface area contributed by atoms with Crippen molar-refractivity contribution in [1.82, 2.24) is 0 Å². The van der Waals surface area contributed by atoms with E-state index in [4.69, 9.17) is 5.73 Å². The largest absolute Gasteiger partial charge is 0.478 e. The van der Waals surface area contributed by atoms with Gasteiger partial charge in [0.25, 0.3) is 0 Å². The minimum atomic E-state index is -0.952. The molecule has 1 unspecified atom stereocenters. The van der Waals surface area contributed by atoms with Crippen LogP contribution in [0.15, 0.2) is 12.2 Å². The molecule has 1 aliphatic carbocycles. The van der Waals surface area contributed by atoms with Crippen LogP contribution in [-0.2, 0) is 9.59 Å². The Labute approximate surface area is 121 Å². The minimum absolute atomic E-state index is 0.122. The van der Waals surface area contributed by atoms with Crippen molar-refractivity contribution in [1.29, 1.82) is 0 Å². The first kappa shape index (κ1) is 16.9. The first-order chi connectivity index (χ1) is 9.04. The zero-order valence-corrected chi connectivity index (χ0v) is 13.0. The highest BCUT2D eigenvalue weighted by Gasteiger charge is 2.53. The SMILES string of the molecule is C=C(C(=O)O)C1CC[C@@H](C)[C@](N)(CCC(C)=O)C1(C)C. The molecule has 0 aromatic rings. The topological polar surface area (TPSA) is 80.4 Å². The molecule has 3 N–H and O–H groups in total. The smallest absolute Gasteiger partial charge is 0.331 e. The van der Waals surface area contributed by atoms with E-state index in [1.807, 2.05) is 13.8 Å². The standard InChI is InChI=1S/C16H27NO3/c1-10-6-7-13(12(3)14(19)20)15(4,5)16(10,17)9-8-11(2)18/h10,13H,3,6-9,17H2,1-2,4-5H3,(H,19,20)/t10-,13?,16-/m1/s1. The van der Waals surface area contributed by atoms with Gasteiger partial charge < -0.3 is 15.6 Å². The average molecular weight is 281 g/mol. The van der Waals surface area contributed by atoms with E-state index >= 15 is 0 Å². The van der Waals surface area contributed by atoms with E-state index < -0.39 is 16.9 Å². The lowest BCUT2D eigenvalue weighted by atomic mass is 9.51. The van der Waals surface area contributed by atoms with Crippen molar-refractivity contribution >= 4 is 11.8 Å². The van der Waals surface area contributed by atoms with Gasteiger partial charge in [0, 0.05) is 17.5 Å². The van der Waals surface area contributed by atoms with Gasteiger partial charge in [0.15, 0.2) is 0 Å². The first-order valence-electron chi connectivity index (χ1n) is 7.24. The Bertz CT molecular complexity index is 427.